The number of benzene rings is 3. The van der Waals surface area contributed by atoms with E-state index in [1.54, 1.807) is 56.6 Å². The topological polar surface area (TPSA) is 77.4 Å². The minimum absolute atomic E-state index is 0.180. The molecule has 0 N–H and O–H groups in total. The number of methoxy groups -OCH3 is 2. The summed E-state index contributed by atoms with van der Waals surface area (Å²) in [5.41, 5.74) is 2.57. The number of thioether (sulfide) groups is 1. The highest BCUT2D eigenvalue weighted by Gasteiger charge is 2.30. The summed E-state index contributed by atoms with van der Waals surface area (Å²) < 4.78 is 16.2. The third-order valence-corrected chi connectivity index (χ3v) is 6.75. The molecule has 0 radical (unpaired) electrons. The largest absolute Gasteiger partial charge is 0.493 e. The number of amidine groups is 1. The summed E-state index contributed by atoms with van der Waals surface area (Å²) in [6.45, 7) is 0.298. The first kappa shape index (κ1) is 25.3. The van der Waals surface area contributed by atoms with Crippen molar-refractivity contribution >= 4 is 52.2 Å². The molecular formula is C27H23ClN2O5S. The molecule has 4 rings (SSSR count). The molecule has 3 aromatic carbocycles. The highest BCUT2D eigenvalue weighted by atomic mass is 35.5. The normalized spacial score (nSPS) is 15.4. The van der Waals surface area contributed by atoms with Crippen LogP contribution in [0.5, 0.6) is 11.5 Å². The van der Waals surface area contributed by atoms with Gasteiger partial charge in [0.2, 0.25) is 0 Å². The summed E-state index contributed by atoms with van der Waals surface area (Å²) in [5.74, 6) is 0.471. The fraction of sp³-hybridized carbons (Fsp3) is 0.148. The van der Waals surface area contributed by atoms with Crippen LogP contribution < -0.4 is 9.47 Å². The van der Waals surface area contributed by atoms with Gasteiger partial charge < -0.3 is 14.2 Å². The number of hydrogen-bond acceptors (Lipinski definition) is 7. The number of ether oxygens (including phenoxy) is 3. The van der Waals surface area contributed by atoms with Gasteiger partial charge in [-0.25, -0.2) is 9.79 Å². The molecule has 7 nitrogen and oxygen atoms in total. The summed E-state index contributed by atoms with van der Waals surface area (Å²) in [5, 5.41) is 1.13. The zero-order valence-electron chi connectivity index (χ0n) is 19.9. The van der Waals surface area contributed by atoms with Crippen molar-refractivity contribution < 1.29 is 23.8 Å². The first-order valence-corrected chi connectivity index (χ1v) is 12.1. The SMILES string of the molecule is COC(=O)c1cccc(N=C2SC(=Cc3ccc(OCc4ccccc4Cl)c(OC)c3)C(=O)N2C)c1. The molecule has 1 aliphatic heterocycles. The first-order valence-electron chi connectivity index (χ1n) is 10.9. The highest BCUT2D eigenvalue weighted by Crippen LogP contribution is 2.35. The molecule has 0 aliphatic carbocycles. The van der Waals surface area contributed by atoms with Gasteiger partial charge in [0.25, 0.3) is 5.91 Å². The van der Waals surface area contributed by atoms with Gasteiger partial charge in [-0.2, -0.15) is 0 Å². The lowest BCUT2D eigenvalue weighted by molar-refractivity contribution is -0.121. The fourth-order valence-corrected chi connectivity index (χ4v) is 4.58. The van der Waals surface area contributed by atoms with Crippen molar-refractivity contribution in [2.24, 2.45) is 4.99 Å². The van der Waals surface area contributed by atoms with Crippen LogP contribution in [0.25, 0.3) is 6.08 Å². The van der Waals surface area contributed by atoms with Crippen LogP contribution in [-0.4, -0.2) is 43.2 Å². The lowest BCUT2D eigenvalue weighted by Crippen LogP contribution is -2.23. The predicted octanol–water partition coefficient (Wildman–Crippen LogP) is 5.95. The van der Waals surface area contributed by atoms with Crippen molar-refractivity contribution in [3.8, 4) is 11.5 Å². The summed E-state index contributed by atoms with van der Waals surface area (Å²) in [7, 11) is 4.54. The Kier molecular flexibility index (Phi) is 7.97. The van der Waals surface area contributed by atoms with Gasteiger partial charge in [-0.05, 0) is 59.8 Å². The fourth-order valence-electron chi connectivity index (χ4n) is 3.40. The lowest BCUT2D eigenvalue weighted by atomic mass is 10.2. The summed E-state index contributed by atoms with van der Waals surface area (Å²) >= 11 is 7.46. The Morgan fingerprint density at radius 2 is 1.86 bits per heavy atom. The molecule has 0 atom stereocenters. The monoisotopic (exact) mass is 522 g/mol. The van der Waals surface area contributed by atoms with Crippen LogP contribution in [0.3, 0.4) is 0 Å². The lowest BCUT2D eigenvalue weighted by Gasteiger charge is -2.12. The van der Waals surface area contributed by atoms with Crippen molar-refractivity contribution in [2.45, 2.75) is 6.61 Å². The van der Waals surface area contributed by atoms with Crippen molar-refractivity contribution in [2.75, 3.05) is 21.3 Å². The van der Waals surface area contributed by atoms with E-state index in [2.05, 4.69) is 4.99 Å². The van der Waals surface area contributed by atoms with Crippen LogP contribution in [0.2, 0.25) is 5.02 Å². The number of amides is 1. The van der Waals surface area contributed by atoms with Crippen LogP contribution in [-0.2, 0) is 16.1 Å². The van der Waals surface area contributed by atoms with Crippen molar-refractivity contribution in [3.05, 3.63) is 93.3 Å². The van der Waals surface area contributed by atoms with Crippen molar-refractivity contribution in [3.63, 3.8) is 0 Å². The quantitative estimate of drug-likeness (QED) is 0.282. The van der Waals surface area contributed by atoms with E-state index in [0.29, 0.717) is 44.5 Å². The van der Waals surface area contributed by atoms with Gasteiger partial charge in [0, 0.05) is 17.6 Å². The molecule has 184 valence electrons. The van der Waals surface area contributed by atoms with Gasteiger partial charge in [-0.15, -0.1) is 0 Å². The molecule has 1 saturated heterocycles. The number of halogens is 1. The second-order valence-electron chi connectivity index (χ2n) is 7.70. The first-order chi connectivity index (χ1) is 17.4. The van der Waals surface area contributed by atoms with Crippen LogP contribution in [0.15, 0.2) is 76.6 Å². The van der Waals surface area contributed by atoms with E-state index in [4.69, 9.17) is 25.8 Å². The van der Waals surface area contributed by atoms with E-state index in [1.165, 1.54) is 23.8 Å². The molecule has 0 unspecified atom stereocenters. The molecule has 1 aliphatic rings. The third-order valence-electron chi connectivity index (χ3n) is 5.32. The molecule has 1 heterocycles. The van der Waals surface area contributed by atoms with Gasteiger partial charge in [0.1, 0.15) is 6.61 Å². The molecule has 3 aromatic rings. The summed E-state index contributed by atoms with van der Waals surface area (Å²) in [6.07, 6.45) is 1.78. The predicted molar refractivity (Wildman–Crippen MR) is 142 cm³/mol. The number of carbonyl (C=O) groups excluding carboxylic acids is 2. The Morgan fingerprint density at radius 3 is 2.61 bits per heavy atom. The van der Waals surface area contributed by atoms with E-state index < -0.39 is 5.97 Å². The molecule has 0 spiro atoms. The van der Waals surface area contributed by atoms with Gasteiger partial charge in [0.05, 0.1) is 30.4 Å². The summed E-state index contributed by atoms with van der Waals surface area (Å²) in [4.78, 5) is 31.2. The number of hydrogen-bond donors (Lipinski definition) is 0. The van der Waals surface area contributed by atoms with Crippen molar-refractivity contribution in [1.29, 1.82) is 0 Å². The Hall–Kier alpha value is -3.75. The van der Waals surface area contributed by atoms with E-state index >= 15 is 0 Å². The number of rotatable bonds is 7. The molecule has 0 aromatic heterocycles. The molecular weight excluding hydrogens is 500 g/mol. The van der Waals surface area contributed by atoms with Gasteiger partial charge in [-0.3, -0.25) is 9.69 Å². The number of aliphatic imine (C=N–C) groups is 1. The van der Waals surface area contributed by atoms with Crippen LogP contribution in [0.1, 0.15) is 21.5 Å². The van der Waals surface area contributed by atoms with Gasteiger partial charge in [0.15, 0.2) is 16.7 Å². The van der Waals surface area contributed by atoms with Gasteiger partial charge in [-0.1, -0.05) is 41.9 Å². The van der Waals surface area contributed by atoms with Gasteiger partial charge >= 0.3 is 5.97 Å². The molecule has 0 saturated carbocycles. The Labute approximate surface area is 218 Å². The van der Waals surface area contributed by atoms with E-state index in [0.717, 1.165) is 11.1 Å². The van der Waals surface area contributed by atoms with Crippen LogP contribution in [0.4, 0.5) is 5.69 Å². The van der Waals surface area contributed by atoms with E-state index in [-0.39, 0.29) is 5.91 Å². The standard InChI is InChI=1S/C27H23ClN2O5S/c1-30-25(31)24(36-27(30)29-20-9-6-8-18(15-20)26(32)34-3)14-17-11-12-22(23(13-17)33-2)35-16-19-7-4-5-10-21(19)28/h4-15H,16H2,1-3H3. The Morgan fingerprint density at radius 1 is 1.06 bits per heavy atom. The molecule has 9 heteroatoms. The minimum atomic E-state index is -0.450. The number of likely N-dealkylation sites (N-methyl/N-ethyl adjacent to an activating group) is 1. The van der Waals surface area contributed by atoms with E-state index in [9.17, 15) is 9.59 Å². The van der Waals surface area contributed by atoms with E-state index in [1.807, 2.05) is 30.3 Å². The van der Waals surface area contributed by atoms with Crippen LogP contribution >= 0.6 is 23.4 Å². The average molecular weight is 523 g/mol. The molecule has 1 fully saturated rings. The zero-order chi connectivity index (χ0) is 25.7. The van der Waals surface area contributed by atoms with Crippen LogP contribution in [0, 0.1) is 0 Å². The Bertz CT molecular complexity index is 1370. The second kappa shape index (κ2) is 11.3. The molecule has 36 heavy (non-hydrogen) atoms. The second-order valence-corrected chi connectivity index (χ2v) is 9.12. The number of nitrogens with zero attached hydrogens (tertiary/aromatic N) is 2. The smallest absolute Gasteiger partial charge is 0.337 e. The highest BCUT2D eigenvalue weighted by molar-refractivity contribution is 8.18. The summed E-state index contributed by atoms with van der Waals surface area (Å²) in [6, 6.07) is 19.7. The van der Waals surface area contributed by atoms with Crippen molar-refractivity contribution in [1.82, 2.24) is 4.90 Å². The number of carbonyl (C=O) groups is 2. The maximum Gasteiger partial charge on any atom is 0.337 e. The third kappa shape index (κ3) is 5.72. The Balaban J connectivity index is 1.53. The molecule has 1 amide bonds. The number of esters is 1. The minimum Gasteiger partial charge on any atom is -0.493 e. The average Bonchev–Trinajstić information content (AvgIpc) is 3.15. The zero-order valence-corrected chi connectivity index (χ0v) is 21.4. The molecule has 0 bridgehead atoms. The maximum absolute atomic E-state index is 12.9. The maximum atomic E-state index is 12.9.